The van der Waals surface area contributed by atoms with Crippen LogP contribution in [0.5, 0.6) is 0 Å². The van der Waals surface area contributed by atoms with Gasteiger partial charge in [0, 0.05) is 21.7 Å². The van der Waals surface area contributed by atoms with Crippen LogP contribution in [0.1, 0.15) is 103 Å². The fourth-order valence-corrected chi connectivity index (χ4v) is 31.6. The van der Waals surface area contributed by atoms with E-state index < -0.39 is 0 Å². The van der Waals surface area contributed by atoms with Crippen molar-refractivity contribution >= 4 is 259 Å². The summed E-state index contributed by atoms with van der Waals surface area (Å²) in [4.78, 5) is 0. The van der Waals surface area contributed by atoms with Gasteiger partial charge in [0.1, 0.15) is 0 Å². The molecule has 14 aliphatic rings. The lowest BCUT2D eigenvalue weighted by Crippen LogP contribution is -2.54. The normalized spacial score (nSPS) is 30.7. The van der Waals surface area contributed by atoms with E-state index in [0.717, 1.165) is 0 Å². The lowest BCUT2D eigenvalue weighted by atomic mass is 9.43. The van der Waals surface area contributed by atoms with Gasteiger partial charge in [-0.05, 0) is 362 Å². The molecule has 0 nitrogen and oxygen atoms in total. The first-order valence-electron chi connectivity index (χ1n) is 30.1. The number of rotatable bonds is 0. The highest BCUT2D eigenvalue weighted by molar-refractivity contribution is 6.77. The second-order valence-corrected chi connectivity index (χ2v) is 30.2. The van der Waals surface area contributed by atoms with E-state index in [9.17, 15) is 0 Å². The van der Waals surface area contributed by atoms with E-state index in [1.165, 1.54) is 12.8 Å². The van der Waals surface area contributed by atoms with Crippen molar-refractivity contribution in [3.63, 3.8) is 0 Å². The Morgan fingerprint density at radius 3 is 0.410 bits per heavy atom. The maximum Gasteiger partial charge on any atom is 0.0441 e. The van der Waals surface area contributed by atoms with Crippen molar-refractivity contribution in [2.24, 2.45) is 0 Å². The van der Waals surface area contributed by atoms with Gasteiger partial charge in [0.05, 0.1) is 0 Å². The highest BCUT2D eigenvalue weighted by Crippen LogP contribution is 2.94. The summed E-state index contributed by atoms with van der Waals surface area (Å²) in [6, 6.07) is 20.4. The van der Waals surface area contributed by atoms with E-state index >= 15 is 0 Å². The maximum atomic E-state index is 2.66. The van der Waals surface area contributed by atoms with Crippen LogP contribution < -0.4 is 0 Å². The molecule has 0 aliphatic heterocycles. The predicted octanol–water partition coefficient (Wildman–Crippen LogP) is 19.4. The summed E-state index contributed by atoms with van der Waals surface area (Å²) in [5.41, 5.74) is 21.0. The van der Waals surface area contributed by atoms with Gasteiger partial charge in [-0.25, -0.2) is 0 Å². The van der Waals surface area contributed by atoms with Crippen molar-refractivity contribution in [2.45, 2.75) is 58.2 Å². The van der Waals surface area contributed by atoms with E-state index in [-0.39, 0.29) is 21.7 Å². The minimum absolute atomic E-state index is 0.160. The maximum absolute atomic E-state index is 2.66. The molecule has 26 aromatic rings. The van der Waals surface area contributed by atoms with Crippen molar-refractivity contribution < 1.29 is 0 Å². The summed E-state index contributed by atoms with van der Waals surface area (Å²) in [6.45, 7) is 0. The first kappa shape index (κ1) is 29.1. The Hall–Kier alpha value is -8.84. The molecule has 78 heavy (non-hydrogen) atoms. The van der Waals surface area contributed by atoms with Gasteiger partial charge in [0.15, 0.2) is 0 Å². The molecule has 0 heteroatoms. The molecule has 0 amide bonds. The second kappa shape index (κ2) is 6.52. The molecule has 0 saturated heterocycles. The minimum atomic E-state index is -0.160. The molecule has 0 radical (unpaired) electrons. The van der Waals surface area contributed by atoms with Gasteiger partial charge in [-0.3, -0.25) is 0 Å². The molecule has 2 fully saturated rings. The zero-order valence-corrected chi connectivity index (χ0v) is 40.3. The van der Waals surface area contributed by atoms with Crippen LogP contribution in [0.2, 0.25) is 0 Å². The molecule has 0 N–H and O–H groups in total. The van der Waals surface area contributed by atoms with Gasteiger partial charge in [0.2, 0.25) is 0 Å². The zero-order chi connectivity index (χ0) is 46.0. The molecule has 4 atom stereocenters. The SMILES string of the molecule is c1ccc2c(c1)[C@H]1C[C@H]2C23c4c5c6c7c8c9c(c%10c%11c2c2c4c4c%12c5c5c6c6c8c8c%13c%14c%15c%16c%17c%18c%19c%20c%21c%22c%23c(c%14c%14c8c9c8c%10c9c%11c%10c2c(c%20c%10c%22c9c%23c%148)c4c%19c%12c%17c5c%16c%136)C%152[C@H]4C[C@@H](c5ccccc54)C%18%212)C713. The summed E-state index contributed by atoms with van der Waals surface area (Å²) in [5.74, 6) is 1.77. The van der Waals surface area contributed by atoms with Crippen molar-refractivity contribution in [2.75, 3.05) is 0 Å². The van der Waals surface area contributed by atoms with E-state index in [0.29, 0.717) is 23.7 Å². The standard InChI is InChI=1S/C78H16/c1-2-6-12-11(5-1)15-9-16(12)76-69-53-37-23-25-41-29(37)30-38-24-26-42(30)58-57(41)73-65-49(25)33-31-43-19-21-39-27-28-36-20-22-40(28)56-55(39)71(63(65)47(21)33)77-17-10-18(14-8-4-3-7-13(14)17)78(73,77)74(58)66-50(26)34(48(22)64(66)72(56)77)32-44(20)60(62(46(24)32)70(76)54(38)53)68-52(36)51(35(19)27)67(75(15,68)76)59(43)61(69)45(23)31/h1-8,15-18H,9-10H2/t15-,16-,17+,18+,75?,76?,77?,78?. The van der Waals surface area contributed by atoms with Gasteiger partial charge < -0.3 is 0 Å². The topological polar surface area (TPSA) is 0 Å². The average Bonchev–Trinajstić information content (AvgIpc) is 3.32. The minimum Gasteiger partial charge on any atom is -0.0620 e. The van der Waals surface area contributed by atoms with Crippen LogP contribution in [-0.2, 0) is 21.7 Å². The molecule has 0 unspecified atom stereocenters. The van der Waals surface area contributed by atoms with Crippen molar-refractivity contribution in [3.05, 3.63) is 115 Å². The lowest BCUT2D eigenvalue weighted by Gasteiger charge is -2.57. The number of benzene rings is 18. The fraction of sp³-hybridized carbons (Fsp3) is 0.128. The molecule has 2 saturated carbocycles. The molecule has 328 valence electrons. The van der Waals surface area contributed by atoms with Gasteiger partial charge in [-0.2, -0.15) is 0 Å². The third-order valence-electron chi connectivity index (χ3n) is 30.9. The van der Waals surface area contributed by atoms with Gasteiger partial charge in [-0.15, -0.1) is 0 Å². The van der Waals surface area contributed by atoms with Crippen molar-refractivity contribution in [3.8, 4) is 0 Å². The smallest absolute Gasteiger partial charge is 0.0441 e. The zero-order valence-electron chi connectivity index (χ0n) is 40.3. The van der Waals surface area contributed by atoms with Crippen LogP contribution in [0.15, 0.2) is 48.5 Å². The van der Waals surface area contributed by atoms with E-state index in [1.54, 1.807) is 281 Å². The highest BCUT2D eigenvalue weighted by Gasteiger charge is 2.82. The monoisotopic (exact) mass is 952 g/mol. The molecular weight excluding hydrogens is 937 g/mol. The quantitative estimate of drug-likeness (QED) is 0.133. The Bertz CT molecular complexity index is 6760. The van der Waals surface area contributed by atoms with Crippen molar-refractivity contribution in [1.29, 1.82) is 0 Å². The molecule has 4 spiro atoms. The third-order valence-corrected chi connectivity index (χ3v) is 30.9. The summed E-state index contributed by atoms with van der Waals surface area (Å²) in [7, 11) is 0. The summed E-state index contributed by atoms with van der Waals surface area (Å²) < 4.78 is 0. The molecule has 0 aromatic heterocycles. The Morgan fingerprint density at radius 2 is 0.282 bits per heavy atom. The Kier molecular flexibility index (Phi) is 2.43. The van der Waals surface area contributed by atoms with E-state index in [4.69, 9.17) is 0 Å². The summed E-state index contributed by atoms with van der Waals surface area (Å²) in [5, 5.41) is 83.6. The van der Waals surface area contributed by atoms with Crippen LogP contribution >= 0.6 is 0 Å². The fourth-order valence-electron chi connectivity index (χ4n) is 31.6. The molecular formula is C78H16. The predicted molar refractivity (Wildman–Crippen MR) is 320 cm³/mol. The van der Waals surface area contributed by atoms with Gasteiger partial charge in [0.25, 0.3) is 0 Å². The Balaban J connectivity index is 1.09. The van der Waals surface area contributed by atoms with Crippen LogP contribution in [0.4, 0.5) is 0 Å². The van der Waals surface area contributed by atoms with Crippen molar-refractivity contribution in [1.82, 2.24) is 0 Å². The summed E-state index contributed by atoms with van der Waals surface area (Å²) >= 11 is 0. The molecule has 40 rings (SSSR count). The molecule has 26 aromatic carbocycles. The van der Waals surface area contributed by atoms with Crippen LogP contribution in [0.3, 0.4) is 0 Å². The lowest BCUT2D eigenvalue weighted by molar-refractivity contribution is 0.316. The largest absolute Gasteiger partial charge is 0.0620 e. The van der Waals surface area contributed by atoms with Gasteiger partial charge in [-0.1, -0.05) is 48.5 Å². The van der Waals surface area contributed by atoms with Crippen LogP contribution in [-0.4, -0.2) is 0 Å². The second-order valence-electron chi connectivity index (χ2n) is 30.2. The first-order chi connectivity index (χ1) is 38.9. The first-order valence-corrected chi connectivity index (χ1v) is 30.1. The Morgan fingerprint density at radius 1 is 0.167 bits per heavy atom. The van der Waals surface area contributed by atoms with Crippen LogP contribution in [0.25, 0.3) is 259 Å². The number of hydrogen-bond donors (Lipinski definition) is 0. The van der Waals surface area contributed by atoms with Crippen LogP contribution in [0, 0.1) is 0 Å². The highest BCUT2D eigenvalue weighted by atomic mass is 14.8. The average molecular weight is 953 g/mol. The number of hydrogen-bond acceptors (Lipinski definition) is 0. The van der Waals surface area contributed by atoms with Gasteiger partial charge >= 0.3 is 0 Å². The third kappa shape index (κ3) is 1.47. The van der Waals surface area contributed by atoms with E-state index in [2.05, 4.69) is 48.5 Å². The molecule has 14 aliphatic carbocycles. The Labute approximate surface area is 429 Å². The van der Waals surface area contributed by atoms with E-state index in [1.807, 2.05) is 44.5 Å². The molecule has 0 heterocycles. The molecule has 4 bridgehead atoms. The summed E-state index contributed by atoms with van der Waals surface area (Å²) in [6.07, 6.45) is 2.54.